The number of nitrogens with zero attached hydrogens (tertiary/aromatic N) is 2. The lowest BCUT2D eigenvalue weighted by atomic mass is 10.0. The fourth-order valence-corrected chi connectivity index (χ4v) is 3.36. The molecule has 7 nitrogen and oxygen atoms in total. The van der Waals surface area contributed by atoms with E-state index in [1.165, 1.54) is 11.1 Å². The van der Waals surface area contributed by atoms with Crippen LogP contribution in [-0.2, 0) is 14.2 Å². The highest BCUT2D eigenvalue weighted by Gasteiger charge is 2.22. The van der Waals surface area contributed by atoms with E-state index in [2.05, 4.69) is 58.6 Å². The predicted molar refractivity (Wildman–Crippen MR) is 122 cm³/mol. The molecule has 0 saturated carbocycles. The third-order valence-electron chi connectivity index (χ3n) is 5.19. The molecular weight excluding hydrogens is 380 g/mol. The van der Waals surface area contributed by atoms with Crippen molar-refractivity contribution in [2.24, 2.45) is 4.99 Å². The van der Waals surface area contributed by atoms with Gasteiger partial charge >= 0.3 is 0 Å². The van der Waals surface area contributed by atoms with Crippen LogP contribution < -0.4 is 10.6 Å². The number of benzene rings is 1. The van der Waals surface area contributed by atoms with Gasteiger partial charge in [0.2, 0.25) is 0 Å². The third kappa shape index (κ3) is 9.43. The Morgan fingerprint density at radius 1 is 1.07 bits per heavy atom. The summed E-state index contributed by atoms with van der Waals surface area (Å²) in [6.07, 6.45) is 2.27. The van der Waals surface area contributed by atoms with Crippen molar-refractivity contribution in [3.05, 3.63) is 35.4 Å². The van der Waals surface area contributed by atoms with E-state index < -0.39 is 0 Å². The molecule has 0 amide bonds. The summed E-state index contributed by atoms with van der Waals surface area (Å²) >= 11 is 0. The Morgan fingerprint density at radius 3 is 2.43 bits per heavy atom. The molecule has 1 aliphatic heterocycles. The van der Waals surface area contributed by atoms with Gasteiger partial charge in [-0.3, -0.25) is 9.89 Å². The number of morpholine rings is 1. The van der Waals surface area contributed by atoms with E-state index in [1.54, 1.807) is 7.05 Å². The fraction of sp³-hybridized carbons (Fsp3) is 0.696. The monoisotopic (exact) mass is 420 g/mol. The zero-order valence-electron chi connectivity index (χ0n) is 19.0. The van der Waals surface area contributed by atoms with Crippen LogP contribution in [0.4, 0.5) is 0 Å². The Kier molecular flexibility index (Phi) is 12.4. The highest BCUT2D eigenvalue weighted by atomic mass is 16.5. The van der Waals surface area contributed by atoms with Crippen LogP contribution in [-0.4, -0.2) is 83.7 Å². The molecule has 2 rings (SSSR count). The molecule has 7 heteroatoms. The third-order valence-corrected chi connectivity index (χ3v) is 5.19. The molecule has 1 heterocycles. The van der Waals surface area contributed by atoms with Gasteiger partial charge in [-0.15, -0.1) is 0 Å². The van der Waals surface area contributed by atoms with Crippen LogP contribution in [0, 0.1) is 6.92 Å². The Labute approximate surface area is 182 Å². The van der Waals surface area contributed by atoms with E-state index >= 15 is 0 Å². The van der Waals surface area contributed by atoms with E-state index in [0.29, 0.717) is 26.4 Å². The molecule has 0 spiro atoms. The minimum atomic E-state index is 0.282. The Morgan fingerprint density at radius 2 is 1.77 bits per heavy atom. The maximum Gasteiger partial charge on any atom is 0.191 e. The first kappa shape index (κ1) is 24.6. The molecular formula is C23H40N4O3. The standard InChI is InChI=1S/C23H40N4O3/c1-4-5-13-28-17-18-29-14-10-25-23(24-3)26-19-22(27-11-15-30-16-12-27)21-8-6-20(2)7-9-21/h6-9,22H,4-5,10-19H2,1-3H3,(H2,24,25,26). The Hall–Kier alpha value is -1.67. The van der Waals surface area contributed by atoms with Crippen molar-refractivity contribution in [2.75, 3.05) is 72.9 Å². The van der Waals surface area contributed by atoms with Crippen LogP contribution >= 0.6 is 0 Å². The molecule has 1 atom stereocenters. The lowest BCUT2D eigenvalue weighted by Crippen LogP contribution is -2.46. The summed E-state index contributed by atoms with van der Waals surface area (Å²) in [5.74, 6) is 0.795. The number of guanidine groups is 1. The van der Waals surface area contributed by atoms with Crippen molar-refractivity contribution >= 4 is 5.96 Å². The highest BCUT2D eigenvalue weighted by Crippen LogP contribution is 2.21. The largest absolute Gasteiger partial charge is 0.379 e. The Balaban J connectivity index is 1.73. The number of nitrogens with one attached hydrogen (secondary N) is 2. The Bertz CT molecular complexity index is 589. The molecule has 0 aromatic heterocycles. The molecule has 1 fully saturated rings. The van der Waals surface area contributed by atoms with Gasteiger partial charge in [0.15, 0.2) is 5.96 Å². The molecule has 170 valence electrons. The maximum atomic E-state index is 5.62. The lowest BCUT2D eigenvalue weighted by molar-refractivity contribution is 0.0170. The summed E-state index contributed by atoms with van der Waals surface area (Å²) < 4.78 is 16.7. The van der Waals surface area contributed by atoms with Crippen LogP contribution in [0.25, 0.3) is 0 Å². The molecule has 0 aliphatic carbocycles. The average Bonchev–Trinajstić information content (AvgIpc) is 2.78. The van der Waals surface area contributed by atoms with Crippen molar-refractivity contribution in [3.63, 3.8) is 0 Å². The molecule has 0 radical (unpaired) electrons. The van der Waals surface area contributed by atoms with Gasteiger partial charge in [0.25, 0.3) is 0 Å². The number of ether oxygens (including phenoxy) is 3. The molecule has 1 saturated heterocycles. The van der Waals surface area contributed by atoms with Crippen molar-refractivity contribution in [2.45, 2.75) is 32.7 Å². The van der Waals surface area contributed by atoms with Gasteiger partial charge < -0.3 is 24.8 Å². The molecule has 1 aliphatic rings. The molecule has 1 unspecified atom stereocenters. The normalized spacial score (nSPS) is 16.4. The van der Waals surface area contributed by atoms with Gasteiger partial charge in [-0.05, 0) is 18.9 Å². The van der Waals surface area contributed by atoms with E-state index in [-0.39, 0.29) is 6.04 Å². The first-order valence-electron chi connectivity index (χ1n) is 11.2. The summed E-state index contributed by atoms with van der Waals surface area (Å²) in [5.41, 5.74) is 2.59. The van der Waals surface area contributed by atoms with Crippen LogP contribution in [0.2, 0.25) is 0 Å². The molecule has 2 N–H and O–H groups in total. The van der Waals surface area contributed by atoms with E-state index in [0.717, 1.165) is 58.3 Å². The van der Waals surface area contributed by atoms with Crippen molar-refractivity contribution in [1.82, 2.24) is 15.5 Å². The van der Waals surface area contributed by atoms with Crippen molar-refractivity contribution in [3.8, 4) is 0 Å². The molecule has 0 bridgehead atoms. The van der Waals surface area contributed by atoms with E-state index in [4.69, 9.17) is 14.2 Å². The second-order valence-electron chi connectivity index (χ2n) is 7.53. The zero-order chi connectivity index (χ0) is 21.4. The first-order valence-corrected chi connectivity index (χ1v) is 11.2. The summed E-state index contributed by atoms with van der Waals surface area (Å²) in [7, 11) is 1.80. The van der Waals surface area contributed by atoms with Crippen molar-refractivity contribution in [1.29, 1.82) is 0 Å². The van der Waals surface area contributed by atoms with Crippen LogP contribution in [0.1, 0.15) is 36.9 Å². The summed E-state index contributed by atoms with van der Waals surface area (Å²) in [4.78, 5) is 6.83. The van der Waals surface area contributed by atoms with E-state index in [9.17, 15) is 0 Å². The SMILES string of the molecule is CCCCOCCOCCNC(=NC)NCC(c1ccc(C)cc1)N1CCOCC1. The minimum absolute atomic E-state index is 0.282. The summed E-state index contributed by atoms with van der Waals surface area (Å²) in [6, 6.07) is 9.09. The number of unbranched alkanes of at least 4 members (excludes halogenated alkanes) is 1. The average molecular weight is 421 g/mol. The molecule has 1 aromatic rings. The predicted octanol–water partition coefficient (Wildman–Crippen LogP) is 2.37. The smallest absolute Gasteiger partial charge is 0.191 e. The van der Waals surface area contributed by atoms with Gasteiger partial charge in [-0.1, -0.05) is 43.2 Å². The molecule has 30 heavy (non-hydrogen) atoms. The van der Waals surface area contributed by atoms with E-state index in [1.807, 2.05) is 0 Å². The number of aliphatic imine (C=N–C) groups is 1. The van der Waals surface area contributed by atoms with Gasteiger partial charge in [0, 0.05) is 39.8 Å². The summed E-state index contributed by atoms with van der Waals surface area (Å²) in [6.45, 7) is 12.0. The highest BCUT2D eigenvalue weighted by molar-refractivity contribution is 5.79. The van der Waals surface area contributed by atoms with Crippen LogP contribution in [0.15, 0.2) is 29.3 Å². The molecule has 1 aromatic carbocycles. The maximum absolute atomic E-state index is 5.62. The topological polar surface area (TPSA) is 67.4 Å². The second-order valence-corrected chi connectivity index (χ2v) is 7.53. The van der Waals surface area contributed by atoms with Crippen LogP contribution in [0.5, 0.6) is 0 Å². The van der Waals surface area contributed by atoms with Gasteiger partial charge in [-0.2, -0.15) is 0 Å². The van der Waals surface area contributed by atoms with Crippen molar-refractivity contribution < 1.29 is 14.2 Å². The van der Waals surface area contributed by atoms with Gasteiger partial charge in [0.1, 0.15) is 0 Å². The second kappa shape index (κ2) is 15.2. The van der Waals surface area contributed by atoms with Crippen LogP contribution in [0.3, 0.4) is 0 Å². The zero-order valence-corrected chi connectivity index (χ0v) is 19.0. The minimum Gasteiger partial charge on any atom is -0.379 e. The number of rotatable bonds is 13. The number of hydrogen-bond acceptors (Lipinski definition) is 5. The quantitative estimate of drug-likeness (QED) is 0.290. The number of aryl methyl sites for hydroxylation is 1. The number of hydrogen-bond donors (Lipinski definition) is 2. The van der Waals surface area contributed by atoms with Gasteiger partial charge in [-0.25, -0.2) is 0 Å². The first-order chi connectivity index (χ1) is 14.7. The summed E-state index contributed by atoms with van der Waals surface area (Å²) in [5, 5.41) is 6.81. The fourth-order valence-electron chi connectivity index (χ4n) is 3.36. The van der Waals surface area contributed by atoms with Gasteiger partial charge in [0.05, 0.1) is 39.1 Å². The lowest BCUT2D eigenvalue weighted by Gasteiger charge is -2.35.